The molecule has 138 valence electrons. The smallest absolute Gasteiger partial charge is 0.342 e. The highest BCUT2D eigenvalue weighted by Gasteiger charge is 2.20. The van der Waals surface area contributed by atoms with E-state index in [1.54, 1.807) is 6.07 Å². The van der Waals surface area contributed by atoms with Gasteiger partial charge in [0.15, 0.2) is 18.1 Å². The van der Waals surface area contributed by atoms with Crippen molar-refractivity contribution < 1.29 is 28.5 Å². The van der Waals surface area contributed by atoms with E-state index in [0.717, 1.165) is 0 Å². The molecule has 1 N–H and O–H groups in total. The molecule has 0 spiro atoms. The zero-order valence-corrected chi connectivity index (χ0v) is 15.1. The van der Waals surface area contributed by atoms with E-state index in [9.17, 15) is 9.59 Å². The van der Waals surface area contributed by atoms with E-state index in [1.807, 2.05) is 0 Å². The topological polar surface area (TPSA) is 96.0 Å². The second-order valence-corrected chi connectivity index (χ2v) is 5.33. The molecule has 1 heterocycles. The van der Waals surface area contributed by atoms with Gasteiger partial charge in [0.05, 0.1) is 26.4 Å². The standard InChI is InChI=1S/C17H17ClN2O6/c1-23-12-7-14(25-3)13(24-2)6-11(12)17(22)26-9-16(21)20-15-5-4-10(18)8-19-15/h4-8H,9H2,1-3H3,(H,19,20,21). The van der Waals surface area contributed by atoms with Gasteiger partial charge >= 0.3 is 5.97 Å². The third kappa shape index (κ3) is 4.76. The van der Waals surface area contributed by atoms with Crippen LogP contribution in [0.1, 0.15) is 10.4 Å². The molecule has 0 radical (unpaired) electrons. The number of anilines is 1. The molecule has 1 amide bonds. The van der Waals surface area contributed by atoms with Gasteiger partial charge in [-0.2, -0.15) is 0 Å². The predicted molar refractivity (Wildman–Crippen MR) is 94.3 cm³/mol. The zero-order chi connectivity index (χ0) is 19.1. The lowest BCUT2D eigenvalue weighted by atomic mass is 10.1. The minimum atomic E-state index is -0.748. The van der Waals surface area contributed by atoms with Gasteiger partial charge in [-0.15, -0.1) is 0 Å². The number of halogens is 1. The number of rotatable bonds is 7. The Hall–Kier alpha value is -3.00. The van der Waals surface area contributed by atoms with E-state index >= 15 is 0 Å². The van der Waals surface area contributed by atoms with Gasteiger partial charge in [-0.25, -0.2) is 9.78 Å². The lowest BCUT2D eigenvalue weighted by molar-refractivity contribution is -0.119. The van der Waals surface area contributed by atoms with Crippen molar-refractivity contribution in [1.82, 2.24) is 4.98 Å². The average Bonchev–Trinajstić information content (AvgIpc) is 2.66. The summed E-state index contributed by atoms with van der Waals surface area (Å²) < 4.78 is 20.5. The lowest BCUT2D eigenvalue weighted by Crippen LogP contribution is -2.21. The Balaban J connectivity index is 2.04. The molecule has 9 heteroatoms. The highest BCUT2D eigenvalue weighted by atomic mass is 35.5. The van der Waals surface area contributed by atoms with Gasteiger partial charge in [0.25, 0.3) is 5.91 Å². The van der Waals surface area contributed by atoms with Crippen molar-refractivity contribution in [3.05, 3.63) is 41.0 Å². The number of benzene rings is 1. The summed E-state index contributed by atoms with van der Waals surface area (Å²) in [4.78, 5) is 28.1. The number of hydrogen-bond donors (Lipinski definition) is 1. The van der Waals surface area contributed by atoms with Crippen molar-refractivity contribution >= 4 is 29.3 Å². The summed E-state index contributed by atoms with van der Waals surface area (Å²) in [6.07, 6.45) is 1.39. The first-order chi connectivity index (χ1) is 12.5. The Bertz CT molecular complexity index is 795. The first-order valence-corrected chi connectivity index (χ1v) is 7.74. The number of aromatic nitrogens is 1. The summed E-state index contributed by atoms with van der Waals surface area (Å²) in [5, 5.41) is 2.92. The molecule has 0 aliphatic rings. The number of hydrogen-bond acceptors (Lipinski definition) is 7. The summed E-state index contributed by atoms with van der Waals surface area (Å²) in [5.41, 5.74) is 0.0996. The van der Waals surface area contributed by atoms with Gasteiger partial charge in [-0.3, -0.25) is 4.79 Å². The second kappa shape index (κ2) is 8.91. The number of methoxy groups -OCH3 is 3. The predicted octanol–water partition coefficient (Wildman–Crippen LogP) is 2.56. The summed E-state index contributed by atoms with van der Waals surface area (Å²) in [6.45, 7) is -0.499. The molecule has 0 atom stereocenters. The van der Waals surface area contributed by atoms with Gasteiger partial charge in [-0.05, 0) is 12.1 Å². The van der Waals surface area contributed by atoms with Crippen molar-refractivity contribution in [2.45, 2.75) is 0 Å². The van der Waals surface area contributed by atoms with Crippen LogP contribution in [0.3, 0.4) is 0 Å². The van der Waals surface area contributed by atoms with Crippen LogP contribution in [-0.2, 0) is 9.53 Å². The SMILES string of the molecule is COc1cc(OC)c(C(=O)OCC(=O)Nc2ccc(Cl)cn2)cc1OC. The van der Waals surface area contributed by atoms with Crippen molar-refractivity contribution in [2.75, 3.05) is 33.3 Å². The molecule has 1 aromatic heterocycles. The summed E-state index contributed by atoms with van der Waals surface area (Å²) in [6, 6.07) is 6.01. The third-order valence-electron chi connectivity index (χ3n) is 3.25. The monoisotopic (exact) mass is 380 g/mol. The van der Waals surface area contributed by atoms with Crippen molar-refractivity contribution in [3.8, 4) is 17.2 Å². The number of nitrogens with one attached hydrogen (secondary N) is 1. The normalized spacial score (nSPS) is 10.0. The van der Waals surface area contributed by atoms with Crippen LogP contribution in [0, 0.1) is 0 Å². The minimum Gasteiger partial charge on any atom is -0.496 e. The number of ether oxygens (including phenoxy) is 4. The van der Waals surface area contributed by atoms with Crippen LogP contribution in [0.2, 0.25) is 5.02 Å². The highest BCUT2D eigenvalue weighted by molar-refractivity contribution is 6.30. The van der Waals surface area contributed by atoms with Crippen molar-refractivity contribution in [1.29, 1.82) is 0 Å². The van der Waals surface area contributed by atoms with Crippen LogP contribution in [0.25, 0.3) is 0 Å². The van der Waals surface area contributed by atoms with Crippen LogP contribution >= 0.6 is 11.6 Å². The third-order valence-corrected chi connectivity index (χ3v) is 3.48. The number of amides is 1. The van der Waals surface area contributed by atoms with E-state index in [0.29, 0.717) is 22.3 Å². The highest BCUT2D eigenvalue weighted by Crippen LogP contribution is 2.34. The molecule has 0 fully saturated rings. The van der Waals surface area contributed by atoms with Crippen LogP contribution in [-0.4, -0.2) is 44.8 Å². The van der Waals surface area contributed by atoms with Crippen LogP contribution < -0.4 is 19.5 Å². The molecule has 26 heavy (non-hydrogen) atoms. The van der Waals surface area contributed by atoms with Crippen molar-refractivity contribution in [3.63, 3.8) is 0 Å². The fourth-order valence-electron chi connectivity index (χ4n) is 2.03. The zero-order valence-electron chi connectivity index (χ0n) is 14.4. The summed E-state index contributed by atoms with van der Waals surface area (Å²) in [5.74, 6) is -0.0521. The maximum atomic E-state index is 12.3. The molecule has 0 unspecified atom stereocenters. The number of carbonyl (C=O) groups excluding carboxylic acids is 2. The number of pyridine rings is 1. The number of carbonyl (C=O) groups is 2. The quantitative estimate of drug-likeness (QED) is 0.737. The first-order valence-electron chi connectivity index (χ1n) is 7.37. The minimum absolute atomic E-state index is 0.0996. The Kier molecular flexibility index (Phi) is 6.62. The van der Waals surface area contributed by atoms with Gasteiger partial charge in [0.2, 0.25) is 0 Å². The van der Waals surface area contributed by atoms with Crippen LogP contribution in [0.5, 0.6) is 17.2 Å². The number of esters is 1. The lowest BCUT2D eigenvalue weighted by Gasteiger charge is -2.13. The van der Waals surface area contributed by atoms with Gasteiger partial charge in [0, 0.05) is 18.3 Å². The molecule has 0 aliphatic carbocycles. The Labute approximate surface area is 155 Å². The molecule has 2 aromatic rings. The molecule has 1 aromatic carbocycles. The van der Waals surface area contributed by atoms with Crippen LogP contribution in [0.15, 0.2) is 30.5 Å². The Morgan fingerprint density at radius 2 is 1.69 bits per heavy atom. The largest absolute Gasteiger partial charge is 0.496 e. The Morgan fingerprint density at radius 1 is 1.04 bits per heavy atom. The van der Waals surface area contributed by atoms with Gasteiger partial charge < -0.3 is 24.3 Å². The second-order valence-electron chi connectivity index (χ2n) is 4.89. The number of nitrogens with zero attached hydrogens (tertiary/aromatic N) is 1. The van der Waals surface area contributed by atoms with Gasteiger partial charge in [0.1, 0.15) is 17.1 Å². The average molecular weight is 381 g/mol. The fourth-order valence-corrected chi connectivity index (χ4v) is 2.14. The van der Waals surface area contributed by atoms with Crippen molar-refractivity contribution in [2.24, 2.45) is 0 Å². The molecule has 8 nitrogen and oxygen atoms in total. The van der Waals surface area contributed by atoms with E-state index in [4.69, 9.17) is 30.5 Å². The van der Waals surface area contributed by atoms with Gasteiger partial charge in [-0.1, -0.05) is 11.6 Å². The molecule has 0 saturated heterocycles. The molecule has 2 rings (SSSR count). The molecule has 0 aliphatic heterocycles. The molecular formula is C17H17ClN2O6. The summed E-state index contributed by atoms with van der Waals surface area (Å²) >= 11 is 5.72. The van der Waals surface area contributed by atoms with E-state index in [1.165, 1.54) is 45.7 Å². The van der Waals surface area contributed by atoms with E-state index in [2.05, 4.69) is 10.3 Å². The molecular weight excluding hydrogens is 364 g/mol. The fraction of sp³-hybridized carbons (Fsp3) is 0.235. The van der Waals surface area contributed by atoms with E-state index < -0.39 is 18.5 Å². The first kappa shape index (κ1) is 19.3. The maximum absolute atomic E-state index is 12.3. The Morgan fingerprint density at radius 3 is 2.27 bits per heavy atom. The molecule has 0 saturated carbocycles. The van der Waals surface area contributed by atoms with E-state index in [-0.39, 0.29) is 11.3 Å². The maximum Gasteiger partial charge on any atom is 0.342 e. The van der Waals surface area contributed by atoms with Crippen LogP contribution in [0.4, 0.5) is 5.82 Å². The molecule has 0 bridgehead atoms. The summed E-state index contributed by atoms with van der Waals surface area (Å²) in [7, 11) is 4.30.